The van der Waals surface area contributed by atoms with Crippen molar-refractivity contribution < 1.29 is 14.3 Å². The quantitative estimate of drug-likeness (QED) is 0.526. The number of carbonyl (C=O) groups excluding carboxylic acids is 1. The van der Waals surface area contributed by atoms with E-state index in [-0.39, 0.29) is 11.8 Å². The maximum Gasteiger partial charge on any atom is 0.227 e. The molecule has 1 amide bonds. The fourth-order valence-electron chi connectivity index (χ4n) is 3.71. The highest BCUT2D eigenvalue weighted by Gasteiger charge is 2.16. The number of hydrogen-bond acceptors (Lipinski definition) is 8. The number of morpholine rings is 1. The minimum Gasteiger partial charge on any atom is -0.495 e. The van der Waals surface area contributed by atoms with Crippen molar-refractivity contribution in [3.8, 4) is 23.1 Å². The fraction of sp³-hybridized carbons (Fsp3) is 0.308. The van der Waals surface area contributed by atoms with Gasteiger partial charge in [0.25, 0.3) is 0 Å². The molecule has 2 aromatic carbocycles. The van der Waals surface area contributed by atoms with Crippen molar-refractivity contribution in [3.63, 3.8) is 0 Å². The van der Waals surface area contributed by atoms with Gasteiger partial charge >= 0.3 is 0 Å². The van der Waals surface area contributed by atoms with Crippen LogP contribution in [0.25, 0.3) is 11.3 Å². The molecule has 0 saturated carbocycles. The lowest BCUT2D eigenvalue weighted by Crippen LogP contribution is -2.36. The summed E-state index contributed by atoms with van der Waals surface area (Å²) < 4.78 is 11.1. The molecule has 3 aromatic rings. The van der Waals surface area contributed by atoms with E-state index in [0.717, 1.165) is 35.8 Å². The van der Waals surface area contributed by atoms with Crippen molar-refractivity contribution in [3.05, 3.63) is 54.2 Å². The van der Waals surface area contributed by atoms with Crippen molar-refractivity contribution in [2.45, 2.75) is 13.8 Å². The predicted octanol–water partition coefficient (Wildman–Crippen LogP) is 4.20. The van der Waals surface area contributed by atoms with Crippen LogP contribution in [0, 0.1) is 17.2 Å². The third-order valence-electron chi connectivity index (χ3n) is 5.66. The summed E-state index contributed by atoms with van der Waals surface area (Å²) in [5.74, 6) is 0.848. The molecule has 0 unspecified atom stereocenters. The second-order valence-corrected chi connectivity index (χ2v) is 8.39. The van der Waals surface area contributed by atoms with Crippen molar-refractivity contribution >= 4 is 28.9 Å². The molecule has 35 heavy (non-hydrogen) atoms. The van der Waals surface area contributed by atoms with E-state index in [1.54, 1.807) is 45.4 Å². The lowest BCUT2D eigenvalue weighted by atomic mass is 10.1. The lowest BCUT2D eigenvalue weighted by Gasteiger charge is -2.30. The smallest absolute Gasteiger partial charge is 0.227 e. The molecular formula is C26H28N6O3. The van der Waals surface area contributed by atoms with Crippen LogP contribution in [0.15, 0.2) is 48.7 Å². The number of nitrogens with one attached hydrogen (secondary N) is 2. The summed E-state index contributed by atoms with van der Waals surface area (Å²) in [6.07, 6.45) is 1.66. The maximum absolute atomic E-state index is 12.0. The second kappa shape index (κ2) is 10.8. The molecule has 9 nitrogen and oxygen atoms in total. The SMILES string of the molecule is COc1cc(Nc2nccc(-c3ccc(NC(=O)C(C)C)c(C#N)c3)n2)ccc1N1CCOCC1. The zero-order chi connectivity index (χ0) is 24.8. The molecule has 9 heteroatoms. The number of hydrogen-bond donors (Lipinski definition) is 2. The summed E-state index contributed by atoms with van der Waals surface area (Å²) in [4.78, 5) is 23.2. The van der Waals surface area contributed by atoms with E-state index in [4.69, 9.17) is 9.47 Å². The van der Waals surface area contributed by atoms with E-state index < -0.39 is 0 Å². The summed E-state index contributed by atoms with van der Waals surface area (Å²) >= 11 is 0. The Morgan fingerprint density at radius 1 is 1.17 bits per heavy atom. The standard InChI is InChI=1S/C26H28N6O3/c1-17(2)25(33)30-21-6-4-18(14-19(21)16-27)22-8-9-28-26(31-22)29-20-5-7-23(24(15-20)34-3)32-10-12-35-13-11-32/h4-9,14-15,17H,10-13H2,1-3H3,(H,30,33)(H,28,29,31). The van der Waals surface area contributed by atoms with Crippen LogP contribution in [0.2, 0.25) is 0 Å². The van der Waals surface area contributed by atoms with Gasteiger partial charge in [-0.05, 0) is 30.3 Å². The number of nitrogens with zero attached hydrogens (tertiary/aromatic N) is 4. The second-order valence-electron chi connectivity index (χ2n) is 8.39. The van der Waals surface area contributed by atoms with Gasteiger partial charge in [-0.2, -0.15) is 5.26 Å². The minimum absolute atomic E-state index is 0.141. The Bertz CT molecular complexity index is 1250. The monoisotopic (exact) mass is 472 g/mol. The topological polar surface area (TPSA) is 112 Å². The number of amides is 1. The number of benzene rings is 2. The Balaban J connectivity index is 1.54. The van der Waals surface area contributed by atoms with Crippen LogP contribution in [0.4, 0.5) is 23.0 Å². The highest BCUT2D eigenvalue weighted by molar-refractivity contribution is 5.93. The zero-order valence-electron chi connectivity index (χ0n) is 20.0. The third kappa shape index (κ3) is 5.67. The molecule has 1 aromatic heterocycles. The molecule has 0 aliphatic carbocycles. The largest absolute Gasteiger partial charge is 0.495 e. The highest BCUT2D eigenvalue weighted by atomic mass is 16.5. The number of anilines is 4. The van der Waals surface area contributed by atoms with Crippen molar-refractivity contribution in [1.29, 1.82) is 5.26 Å². The van der Waals surface area contributed by atoms with Gasteiger partial charge < -0.3 is 25.0 Å². The van der Waals surface area contributed by atoms with Crippen molar-refractivity contribution in [2.24, 2.45) is 5.92 Å². The van der Waals surface area contributed by atoms with Crippen LogP contribution >= 0.6 is 0 Å². The van der Waals surface area contributed by atoms with Gasteiger partial charge in [0, 0.05) is 42.5 Å². The Hall–Kier alpha value is -4.16. The van der Waals surface area contributed by atoms with Crippen molar-refractivity contribution in [1.82, 2.24) is 9.97 Å². The third-order valence-corrected chi connectivity index (χ3v) is 5.66. The van der Waals surface area contributed by atoms with Gasteiger partial charge in [0.15, 0.2) is 0 Å². The molecule has 180 valence electrons. The van der Waals surface area contributed by atoms with E-state index >= 15 is 0 Å². The molecule has 2 heterocycles. The fourth-order valence-corrected chi connectivity index (χ4v) is 3.71. The summed E-state index contributed by atoms with van der Waals surface area (Å²) in [5, 5.41) is 15.6. The summed E-state index contributed by atoms with van der Waals surface area (Å²) in [6.45, 7) is 6.64. The van der Waals surface area contributed by atoms with E-state index in [1.165, 1.54) is 0 Å². The molecule has 1 saturated heterocycles. The van der Waals surface area contributed by atoms with E-state index in [2.05, 4.69) is 31.6 Å². The molecule has 0 radical (unpaired) electrons. The normalized spacial score (nSPS) is 13.3. The number of nitriles is 1. The van der Waals surface area contributed by atoms with Crippen LogP contribution in [0.1, 0.15) is 19.4 Å². The Kier molecular flexibility index (Phi) is 7.43. The van der Waals surface area contributed by atoms with Crippen LogP contribution in [-0.2, 0) is 9.53 Å². The number of methoxy groups -OCH3 is 1. The van der Waals surface area contributed by atoms with Gasteiger partial charge in [-0.3, -0.25) is 4.79 Å². The van der Waals surface area contributed by atoms with Crippen LogP contribution in [0.3, 0.4) is 0 Å². The molecule has 0 bridgehead atoms. The average molecular weight is 473 g/mol. The first-order valence-corrected chi connectivity index (χ1v) is 11.4. The minimum atomic E-state index is -0.182. The Morgan fingerprint density at radius 3 is 2.69 bits per heavy atom. The maximum atomic E-state index is 12.0. The summed E-state index contributed by atoms with van der Waals surface area (Å²) in [6, 6.07) is 15.1. The zero-order valence-corrected chi connectivity index (χ0v) is 20.0. The van der Waals surface area contributed by atoms with Gasteiger partial charge in [0.1, 0.15) is 11.8 Å². The van der Waals surface area contributed by atoms with Gasteiger partial charge in [-0.15, -0.1) is 0 Å². The first-order chi connectivity index (χ1) is 17.0. The molecule has 0 atom stereocenters. The lowest BCUT2D eigenvalue weighted by molar-refractivity contribution is -0.118. The Labute approximate surface area is 204 Å². The molecular weight excluding hydrogens is 444 g/mol. The molecule has 0 spiro atoms. The molecule has 1 aliphatic rings. The van der Waals surface area contributed by atoms with E-state index in [9.17, 15) is 10.1 Å². The molecule has 4 rings (SSSR count). The number of ether oxygens (including phenoxy) is 2. The molecule has 1 aliphatic heterocycles. The summed E-state index contributed by atoms with van der Waals surface area (Å²) in [7, 11) is 1.65. The van der Waals surface area contributed by atoms with Gasteiger partial charge in [0.2, 0.25) is 11.9 Å². The van der Waals surface area contributed by atoms with Crippen LogP contribution in [0.5, 0.6) is 5.75 Å². The van der Waals surface area contributed by atoms with E-state index in [1.807, 2.05) is 24.3 Å². The van der Waals surface area contributed by atoms with Crippen LogP contribution < -0.4 is 20.3 Å². The number of aromatic nitrogens is 2. The van der Waals surface area contributed by atoms with E-state index in [0.29, 0.717) is 36.1 Å². The van der Waals surface area contributed by atoms with Crippen LogP contribution in [-0.4, -0.2) is 49.3 Å². The number of carbonyl (C=O) groups is 1. The summed E-state index contributed by atoms with van der Waals surface area (Å²) in [5.41, 5.74) is 4.06. The molecule has 1 fully saturated rings. The molecule has 2 N–H and O–H groups in total. The van der Waals surface area contributed by atoms with Gasteiger partial charge in [0.05, 0.1) is 43.0 Å². The first kappa shape index (κ1) is 24.0. The van der Waals surface area contributed by atoms with Crippen molar-refractivity contribution in [2.75, 3.05) is 48.9 Å². The predicted molar refractivity (Wildman–Crippen MR) is 135 cm³/mol. The Morgan fingerprint density at radius 2 is 1.97 bits per heavy atom. The average Bonchev–Trinajstić information content (AvgIpc) is 2.89. The van der Waals surface area contributed by atoms with Gasteiger partial charge in [-0.25, -0.2) is 9.97 Å². The number of rotatable bonds is 7. The first-order valence-electron chi connectivity index (χ1n) is 11.4. The van der Waals surface area contributed by atoms with Gasteiger partial charge in [-0.1, -0.05) is 19.9 Å². The highest BCUT2D eigenvalue weighted by Crippen LogP contribution is 2.33.